The molecule has 0 saturated carbocycles. The van der Waals surface area contributed by atoms with E-state index in [1.807, 2.05) is 37.2 Å². The third-order valence-electron chi connectivity index (χ3n) is 2.98. The van der Waals surface area contributed by atoms with E-state index >= 15 is 0 Å². The molecule has 3 rings (SSSR count). The monoisotopic (exact) mass is 306 g/mol. The van der Waals surface area contributed by atoms with Crippen molar-refractivity contribution in [1.82, 2.24) is 15.0 Å². The minimum atomic E-state index is 0.506. The van der Waals surface area contributed by atoms with Crippen LogP contribution in [0.4, 0.5) is 5.82 Å². The molecule has 0 saturated heterocycles. The molecule has 20 heavy (non-hydrogen) atoms. The average molecular weight is 307 g/mol. The van der Waals surface area contributed by atoms with E-state index in [2.05, 4.69) is 15.0 Å². The molecule has 6 heteroatoms. The fraction of sp³-hybridized carbons (Fsp3) is 0.143. The summed E-state index contributed by atoms with van der Waals surface area (Å²) in [5.74, 6) is 1.59. The van der Waals surface area contributed by atoms with Gasteiger partial charge in [-0.1, -0.05) is 23.2 Å². The molecule has 0 aliphatic rings. The number of fused-ring (bicyclic) bond motifs is 1. The van der Waals surface area contributed by atoms with E-state index in [4.69, 9.17) is 23.2 Å². The van der Waals surface area contributed by atoms with Crippen molar-refractivity contribution in [2.75, 3.05) is 19.0 Å². The van der Waals surface area contributed by atoms with Crippen LogP contribution < -0.4 is 4.90 Å². The molecule has 102 valence electrons. The number of hydrogen-bond acceptors (Lipinski definition) is 3. The van der Waals surface area contributed by atoms with Gasteiger partial charge < -0.3 is 9.88 Å². The minimum absolute atomic E-state index is 0.506. The molecule has 2 aromatic heterocycles. The summed E-state index contributed by atoms with van der Waals surface area (Å²) in [7, 11) is 3.89. The van der Waals surface area contributed by atoms with Gasteiger partial charge >= 0.3 is 0 Å². The molecule has 3 aromatic rings. The molecule has 0 fully saturated rings. The molecule has 0 spiro atoms. The number of aromatic nitrogens is 3. The maximum atomic E-state index is 6.03. The van der Waals surface area contributed by atoms with Gasteiger partial charge in [-0.05, 0) is 30.3 Å². The van der Waals surface area contributed by atoms with E-state index < -0.39 is 0 Å². The largest absolute Gasteiger partial charge is 0.363 e. The predicted octanol–water partition coefficient (Wildman–Crippen LogP) is 4.00. The van der Waals surface area contributed by atoms with Crippen LogP contribution in [0.25, 0.3) is 22.6 Å². The zero-order valence-corrected chi connectivity index (χ0v) is 12.5. The Hall–Kier alpha value is -1.78. The van der Waals surface area contributed by atoms with Crippen molar-refractivity contribution in [3.05, 3.63) is 40.4 Å². The van der Waals surface area contributed by atoms with Gasteiger partial charge in [0, 0.05) is 19.7 Å². The summed E-state index contributed by atoms with van der Waals surface area (Å²) in [6, 6.07) is 9.32. The number of hydrogen-bond donors (Lipinski definition) is 1. The second-order valence-corrected chi connectivity index (χ2v) is 5.46. The Morgan fingerprint density at radius 3 is 2.50 bits per heavy atom. The van der Waals surface area contributed by atoms with Crippen LogP contribution in [0.2, 0.25) is 10.0 Å². The number of halogens is 2. The number of nitrogens with one attached hydrogen (secondary N) is 1. The third kappa shape index (κ3) is 2.32. The van der Waals surface area contributed by atoms with Gasteiger partial charge in [-0.25, -0.2) is 9.97 Å². The lowest BCUT2D eigenvalue weighted by molar-refractivity contribution is 1.08. The van der Waals surface area contributed by atoms with Gasteiger partial charge in [-0.2, -0.15) is 0 Å². The molecule has 4 nitrogen and oxygen atoms in total. The second-order valence-electron chi connectivity index (χ2n) is 4.65. The Labute approximate surface area is 126 Å². The van der Waals surface area contributed by atoms with Gasteiger partial charge in [0.05, 0.1) is 15.6 Å². The summed E-state index contributed by atoms with van der Waals surface area (Å²) >= 11 is 12.0. The normalized spacial score (nSPS) is 11.0. The smallest absolute Gasteiger partial charge is 0.180 e. The number of pyridine rings is 1. The van der Waals surface area contributed by atoms with E-state index in [1.54, 1.807) is 12.1 Å². The summed E-state index contributed by atoms with van der Waals surface area (Å²) in [6.07, 6.45) is 0. The third-order valence-corrected chi connectivity index (χ3v) is 3.72. The Morgan fingerprint density at radius 2 is 1.80 bits per heavy atom. The van der Waals surface area contributed by atoms with Gasteiger partial charge in [0.15, 0.2) is 5.65 Å². The Morgan fingerprint density at radius 1 is 1.00 bits per heavy atom. The van der Waals surface area contributed by atoms with Crippen LogP contribution in [0.5, 0.6) is 0 Å². The van der Waals surface area contributed by atoms with Crippen LogP contribution in [-0.2, 0) is 0 Å². The molecular formula is C14H12Cl2N4. The molecule has 0 bridgehead atoms. The molecule has 1 N–H and O–H groups in total. The van der Waals surface area contributed by atoms with Crippen LogP contribution in [-0.4, -0.2) is 29.0 Å². The first-order chi connectivity index (χ1) is 9.54. The van der Waals surface area contributed by atoms with E-state index in [0.717, 1.165) is 22.7 Å². The van der Waals surface area contributed by atoms with Gasteiger partial charge in [0.25, 0.3) is 0 Å². The van der Waals surface area contributed by atoms with Crippen molar-refractivity contribution < 1.29 is 0 Å². The zero-order valence-electron chi connectivity index (χ0n) is 11.0. The molecular weight excluding hydrogens is 295 g/mol. The summed E-state index contributed by atoms with van der Waals surface area (Å²) in [6.45, 7) is 0. The highest BCUT2D eigenvalue weighted by Crippen LogP contribution is 2.28. The van der Waals surface area contributed by atoms with E-state index in [0.29, 0.717) is 15.7 Å². The van der Waals surface area contributed by atoms with E-state index in [1.165, 1.54) is 0 Å². The van der Waals surface area contributed by atoms with Crippen molar-refractivity contribution in [1.29, 1.82) is 0 Å². The number of rotatable bonds is 2. The predicted molar refractivity (Wildman–Crippen MR) is 83.7 cm³/mol. The quantitative estimate of drug-likeness (QED) is 0.778. The molecule has 0 atom stereocenters. The topological polar surface area (TPSA) is 44.8 Å². The van der Waals surface area contributed by atoms with Crippen LogP contribution >= 0.6 is 23.2 Å². The lowest BCUT2D eigenvalue weighted by atomic mass is 10.2. The SMILES string of the molecule is CN(C)c1ccc2[nH]c(-c3ccc(Cl)c(Cl)c3)nc2n1. The fourth-order valence-electron chi connectivity index (χ4n) is 1.91. The molecule has 0 unspecified atom stereocenters. The summed E-state index contributed by atoms with van der Waals surface area (Å²) in [5, 5.41) is 1.03. The van der Waals surface area contributed by atoms with Crippen molar-refractivity contribution in [2.45, 2.75) is 0 Å². The summed E-state index contributed by atoms with van der Waals surface area (Å²) < 4.78 is 0. The first-order valence-corrected chi connectivity index (χ1v) is 6.80. The molecule has 0 aliphatic heterocycles. The lowest BCUT2D eigenvalue weighted by Crippen LogP contribution is -2.10. The van der Waals surface area contributed by atoms with Crippen molar-refractivity contribution in [3.63, 3.8) is 0 Å². The van der Waals surface area contributed by atoms with Crippen molar-refractivity contribution in [2.24, 2.45) is 0 Å². The molecule has 0 aliphatic carbocycles. The maximum absolute atomic E-state index is 6.03. The Bertz CT molecular complexity index is 780. The van der Waals surface area contributed by atoms with Gasteiger partial charge in [-0.15, -0.1) is 0 Å². The Kier molecular flexibility index (Phi) is 3.28. The summed E-state index contributed by atoms with van der Waals surface area (Å²) in [5.41, 5.74) is 2.44. The van der Waals surface area contributed by atoms with Crippen molar-refractivity contribution in [3.8, 4) is 11.4 Å². The lowest BCUT2D eigenvalue weighted by Gasteiger charge is -2.09. The molecule has 0 radical (unpaired) electrons. The van der Waals surface area contributed by atoms with Gasteiger partial charge in [0.1, 0.15) is 11.6 Å². The standard InChI is InChI=1S/C14H12Cl2N4/c1-20(2)12-6-5-11-14(18-12)19-13(17-11)8-3-4-9(15)10(16)7-8/h3-7H,1-2H3,(H,17,18,19). The summed E-state index contributed by atoms with van der Waals surface area (Å²) in [4.78, 5) is 14.2. The maximum Gasteiger partial charge on any atom is 0.180 e. The zero-order chi connectivity index (χ0) is 14.3. The minimum Gasteiger partial charge on any atom is -0.363 e. The number of H-pyrrole nitrogens is 1. The van der Waals surface area contributed by atoms with Crippen molar-refractivity contribution >= 4 is 40.2 Å². The van der Waals surface area contributed by atoms with Crippen LogP contribution in [0.15, 0.2) is 30.3 Å². The highest BCUT2D eigenvalue weighted by molar-refractivity contribution is 6.42. The van der Waals surface area contributed by atoms with Crippen LogP contribution in [0.1, 0.15) is 0 Å². The highest BCUT2D eigenvalue weighted by atomic mass is 35.5. The van der Waals surface area contributed by atoms with Crippen LogP contribution in [0.3, 0.4) is 0 Å². The van der Waals surface area contributed by atoms with E-state index in [9.17, 15) is 0 Å². The molecule has 0 amide bonds. The van der Waals surface area contributed by atoms with E-state index in [-0.39, 0.29) is 0 Å². The van der Waals surface area contributed by atoms with Crippen LogP contribution in [0, 0.1) is 0 Å². The number of anilines is 1. The highest BCUT2D eigenvalue weighted by Gasteiger charge is 2.09. The molecule has 2 heterocycles. The molecule has 1 aromatic carbocycles. The average Bonchev–Trinajstić information content (AvgIpc) is 2.84. The fourth-order valence-corrected chi connectivity index (χ4v) is 2.21. The number of imidazole rings is 1. The first kappa shape index (κ1) is 13.2. The van der Waals surface area contributed by atoms with Gasteiger partial charge in [-0.3, -0.25) is 0 Å². The first-order valence-electron chi connectivity index (χ1n) is 6.04. The number of benzene rings is 1. The number of aromatic amines is 1. The number of nitrogens with zero attached hydrogens (tertiary/aromatic N) is 3. The van der Waals surface area contributed by atoms with Gasteiger partial charge in [0.2, 0.25) is 0 Å². The Balaban J connectivity index is 2.10. The second kappa shape index (κ2) is 4.96.